The number of nitrogens with two attached hydrogens (primary N) is 1. The van der Waals surface area contributed by atoms with E-state index in [0.29, 0.717) is 0 Å². The van der Waals surface area contributed by atoms with Crippen LogP contribution in [-0.2, 0) is 4.79 Å². The van der Waals surface area contributed by atoms with E-state index < -0.39 is 23.1 Å². The number of aromatic hydroxyl groups is 2. The number of carbonyl (C=O) groups excluding carboxylic acids is 2. The molecule has 0 aliphatic heterocycles. The summed E-state index contributed by atoms with van der Waals surface area (Å²) < 4.78 is 0. The molecule has 0 bridgehead atoms. The Bertz CT molecular complexity index is 469. The Morgan fingerprint density at radius 2 is 1.82 bits per heavy atom. The van der Waals surface area contributed by atoms with Crippen molar-refractivity contribution in [3.63, 3.8) is 0 Å². The van der Waals surface area contributed by atoms with Gasteiger partial charge in [0.1, 0.15) is 5.54 Å². The first-order chi connectivity index (χ1) is 7.74. The van der Waals surface area contributed by atoms with Crippen molar-refractivity contribution in [1.29, 1.82) is 0 Å². The summed E-state index contributed by atoms with van der Waals surface area (Å²) in [5.74, 6) is -1.97. The Morgan fingerprint density at radius 1 is 1.24 bits per heavy atom. The van der Waals surface area contributed by atoms with Crippen LogP contribution < -0.4 is 11.1 Å². The van der Waals surface area contributed by atoms with E-state index in [2.05, 4.69) is 5.32 Å². The molecule has 92 valence electrons. The lowest BCUT2D eigenvalue weighted by Gasteiger charge is -2.22. The third-order valence-electron chi connectivity index (χ3n) is 2.28. The molecular formula is C11H14N2O4. The van der Waals surface area contributed by atoms with Gasteiger partial charge in [-0.1, -0.05) is 0 Å². The number of phenolic OH excluding ortho intramolecular Hbond substituents is 2. The van der Waals surface area contributed by atoms with Crippen molar-refractivity contribution in [1.82, 2.24) is 5.32 Å². The maximum atomic E-state index is 11.7. The molecule has 1 rings (SSSR count). The Labute approximate surface area is 98.1 Å². The van der Waals surface area contributed by atoms with Gasteiger partial charge < -0.3 is 21.3 Å². The van der Waals surface area contributed by atoms with Crippen LogP contribution in [0, 0.1) is 0 Å². The molecule has 0 aliphatic rings. The van der Waals surface area contributed by atoms with Crippen LogP contribution in [0.5, 0.6) is 11.5 Å². The molecule has 0 heterocycles. The number of nitrogens with one attached hydrogen (secondary N) is 1. The van der Waals surface area contributed by atoms with E-state index in [0.717, 1.165) is 6.07 Å². The van der Waals surface area contributed by atoms with Crippen molar-refractivity contribution in [2.24, 2.45) is 5.73 Å². The van der Waals surface area contributed by atoms with Crippen LogP contribution >= 0.6 is 0 Å². The summed E-state index contributed by atoms with van der Waals surface area (Å²) in [4.78, 5) is 22.7. The molecule has 0 unspecified atom stereocenters. The fraction of sp³-hybridized carbons (Fsp3) is 0.273. The van der Waals surface area contributed by atoms with E-state index >= 15 is 0 Å². The molecule has 1 aromatic rings. The summed E-state index contributed by atoms with van der Waals surface area (Å²) in [6.45, 7) is 2.93. The van der Waals surface area contributed by atoms with Gasteiger partial charge in [0.15, 0.2) is 11.5 Å². The first-order valence-corrected chi connectivity index (χ1v) is 4.88. The molecule has 5 N–H and O–H groups in total. The molecule has 0 atom stereocenters. The SMILES string of the molecule is CC(C)(NC(=O)c1ccc(O)c(O)c1)C(N)=O. The van der Waals surface area contributed by atoms with Gasteiger partial charge in [0.05, 0.1) is 0 Å². The predicted molar refractivity (Wildman–Crippen MR) is 60.5 cm³/mol. The Balaban J connectivity index is 2.91. The molecule has 0 saturated carbocycles. The zero-order valence-corrected chi connectivity index (χ0v) is 9.52. The lowest BCUT2D eigenvalue weighted by Crippen LogP contribution is -2.52. The summed E-state index contributed by atoms with van der Waals surface area (Å²) >= 11 is 0. The van der Waals surface area contributed by atoms with Gasteiger partial charge in [-0.25, -0.2) is 0 Å². The number of phenols is 2. The van der Waals surface area contributed by atoms with Gasteiger partial charge in [-0.15, -0.1) is 0 Å². The summed E-state index contributed by atoms with van der Waals surface area (Å²) in [5, 5.41) is 20.7. The first-order valence-electron chi connectivity index (χ1n) is 4.88. The topological polar surface area (TPSA) is 113 Å². The van der Waals surface area contributed by atoms with Crippen LogP contribution in [0.15, 0.2) is 18.2 Å². The minimum absolute atomic E-state index is 0.120. The van der Waals surface area contributed by atoms with Crippen molar-refractivity contribution in [3.05, 3.63) is 23.8 Å². The zero-order valence-electron chi connectivity index (χ0n) is 9.52. The maximum Gasteiger partial charge on any atom is 0.252 e. The van der Waals surface area contributed by atoms with Gasteiger partial charge >= 0.3 is 0 Å². The van der Waals surface area contributed by atoms with Gasteiger partial charge in [-0.3, -0.25) is 9.59 Å². The zero-order chi connectivity index (χ0) is 13.2. The molecule has 0 fully saturated rings. The third kappa shape index (κ3) is 2.87. The van der Waals surface area contributed by atoms with Crippen molar-refractivity contribution < 1.29 is 19.8 Å². The van der Waals surface area contributed by atoms with Crippen molar-refractivity contribution >= 4 is 11.8 Å². The highest BCUT2D eigenvalue weighted by Gasteiger charge is 2.27. The number of hydrogen-bond acceptors (Lipinski definition) is 4. The predicted octanol–water partition coefficient (Wildman–Crippen LogP) is 0.0915. The molecule has 2 amide bonds. The van der Waals surface area contributed by atoms with E-state index in [1.54, 1.807) is 0 Å². The maximum absolute atomic E-state index is 11.7. The van der Waals surface area contributed by atoms with E-state index in [-0.39, 0.29) is 11.3 Å². The third-order valence-corrected chi connectivity index (χ3v) is 2.28. The molecule has 6 heteroatoms. The number of primary amides is 1. The molecule has 0 saturated heterocycles. The number of benzene rings is 1. The van der Waals surface area contributed by atoms with Crippen LogP contribution in [0.25, 0.3) is 0 Å². The monoisotopic (exact) mass is 238 g/mol. The lowest BCUT2D eigenvalue weighted by atomic mass is 10.0. The Hall–Kier alpha value is -2.24. The molecule has 6 nitrogen and oxygen atoms in total. The van der Waals surface area contributed by atoms with Crippen molar-refractivity contribution in [3.8, 4) is 11.5 Å². The molecule has 0 spiro atoms. The standard InChI is InChI=1S/C11H14N2O4/c1-11(2,10(12)17)13-9(16)6-3-4-7(14)8(15)5-6/h3-5,14-15H,1-2H3,(H2,12,17)(H,13,16). The first kappa shape index (κ1) is 12.8. The van der Waals surface area contributed by atoms with E-state index in [1.807, 2.05) is 0 Å². The fourth-order valence-corrected chi connectivity index (χ4v) is 1.08. The van der Waals surface area contributed by atoms with Gasteiger partial charge in [-0.2, -0.15) is 0 Å². The second-order valence-corrected chi connectivity index (χ2v) is 4.15. The lowest BCUT2D eigenvalue weighted by molar-refractivity contribution is -0.122. The van der Waals surface area contributed by atoms with Gasteiger partial charge in [0, 0.05) is 5.56 Å². The van der Waals surface area contributed by atoms with Crippen LogP contribution in [0.2, 0.25) is 0 Å². The number of hydrogen-bond donors (Lipinski definition) is 4. The Morgan fingerprint density at radius 3 is 2.29 bits per heavy atom. The van der Waals surface area contributed by atoms with Gasteiger partial charge in [0.25, 0.3) is 5.91 Å². The summed E-state index contributed by atoms with van der Waals surface area (Å²) in [7, 11) is 0. The summed E-state index contributed by atoms with van der Waals surface area (Å²) in [6, 6.07) is 3.60. The molecule has 0 aliphatic carbocycles. The van der Waals surface area contributed by atoms with E-state index in [1.165, 1.54) is 26.0 Å². The number of carbonyl (C=O) groups is 2. The summed E-state index contributed by atoms with van der Waals surface area (Å²) in [5.41, 5.74) is 4.04. The fourth-order valence-electron chi connectivity index (χ4n) is 1.08. The highest BCUT2D eigenvalue weighted by Crippen LogP contribution is 2.24. The Kier molecular flexibility index (Phi) is 3.26. The normalized spacial score (nSPS) is 10.9. The largest absolute Gasteiger partial charge is 0.504 e. The molecule has 0 aromatic heterocycles. The van der Waals surface area contributed by atoms with Crippen molar-refractivity contribution in [2.45, 2.75) is 19.4 Å². The molecular weight excluding hydrogens is 224 g/mol. The smallest absolute Gasteiger partial charge is 0.252 e. The van der Waals surface area contributed by atoms with Crippen LogP contribution in [0.3, 0.4) is 0 Å². The van der Waals surface area contributed by atoms with E-state index in [4.69, 9.17) is 10.8 Å². The van der Waals surface area contributed by atoms with Crippen molar-refractivity contribution in [2.75, 3.05) is 0 Å². The highest BCUT2D eigenvalue weighted by atomic mass is 16.3. The van der Waals surface area contributed by atoms with Crippen LogP contribution in [0.1, 0.15) is 24.2 Å². The van der Waals surface area contributed by atoms with Gasteiger partial charge in [0.2, 0.25) is 5.91 Å². The molecule has 17 heavy (non-hydrogen) atoms. The number of amides is 2. The summed E-state index contributed by atoms with van der Waals surface area (Å²) in [6.07, 6.45) is 0. The minimum Gasteiger partial charge on any atom is -0.504 e. The molecule has 1 aromatic carbocycles. The number of rotatable bonds is 3. The van der Waals surface area contributed by atoms with Crippen LogP contribution in [0.4, 0.5) is 0 Å². The molecule has 0 radical (unpaired) electrons. The average molecular weight is 238 g/mol. The quantitative estimate of drug-likeness (QED) is 0.559. The minimum atomic E-state index is -1.19. The van der Waals surface area contributed by atoms with Gasteiger partial charge in [-0.05, 0) is 32.0 Å². The van der Waals surface area contributed by atoms with Crippen LogP contribution in [-0.4, -0.2) is 27.6 Å². The average Bonchev–Trinajstić information content (AvgIpc) is 2.21. The second kappa shape index (κ2) is 4.32. The second-order valence-electron chi connectivity index (χ2n) is 4.15. The highest BCUT2D eigenvalue weighted by molar-refractivity contribution is 5.99. The van der Waals surface area contributed by atoms with E-state index in [9.17, 15) is 14.7 Å².